The lowest BCUT2D eigenvalue weighted by atomic mass is 10.1. The summed E-state index contributed by atoms with van der Waals surface area (Å²) in [6, 6.07) is 6.48. The Hall–Kier alpha value is -1.43. The fraction of sp³-hybridized carbons (Fsp3) is 0.500. The summed E-state index contributed by atoms with van der Waals surface area (Å²) in [7, 11) is 4.03. The molecule has 100 valence electrons. The third-order valence-electron chi connectivity index (χ3n) is 3.03. The van der Waals surface area contributed by atoms with E-state index in [0.717, 1.165) is 18.8 Å². The molecular weight excluding hydrogens is 245 g/mol. The minimum atomic E-state index is -4.63. The maximum atomic E-state index is 12.0. The molecule has 3 nitrogen and oxygen atoms in total. The van der Waals surface area contributed by atoms with E-state index in [1.165, 1.54) is 12.1 Å². The minimum absolute atomic E-state index is 0.184. The van der Waals surface area contributed by atoms with Crippen molar-refractivity contribution in [1.82, 2.24) is 4.90 Å². The molecule has 1 aliphatic heterocycles. The van der Waals surface area contributed by atoms with Crippen molar-refractivity contribution in [2.75, 3.05) is 32.1 Å². The first kappa shape index (κ1) is 13.0. The molecule has 0 spiro atoms. The summed E-state index contributed by atoms with van der Waals surface area (Å²) < 4.78 is 39.8. The topological polar surface area (TPSA) is 15.7 Å². The number of anilines is 1. The van der Waals surface area contributed by atoms with Gasteiger partial charge in [0.25, 0.3) is 0 Å². The second-order valence-corrected chi connectivity index (χ2v) is 4.56. The molecule has 0 N–H and O–H groups in total. The van der Waals surface area contributed by atoms with E-state index in [1.54, 1.807) is 12.1 Å². The minimum Gasteiger partial charge on any atom is -0.406 e. The Morgan fingerprint density at radius 1 is 1.17 bits per heavy atom. The molecule has 1 saturated heterocycles. The highest BCUT2D eigenvalue weighted by Gasteiger charge is 2.31. The lowest BCUT2D eigenvalue weighted by Gasteiger charge is -2.44. The van der Waals surface area contributed by atoms with Gasteiger partial charge in [0.05, 0.1) is 0 Å². The molecule has 2 rings (SSSR count). The first-order chi connectivity index (χ1) is 8.35. The molecule has 18 heavy (non-hydrogen) atoms. The Kier molecular flexibility index (Phi) is 3.38. The lowest BCUT2D eigenvalue weighted by molar-refractivity contribution is -0.274. The SMILES string of the molecule is CN(C)C1CN(c2ccc(OC(F)(F)F)cc2)C1. The van der Waals surface area contributed by atoms with Gasteiger partial charge in [0, 0.05) is 24.8 Å². The van der Waals surface area contributed by atoms with Crippen LogP contribution in [0.25, 0.3) is 0 Å². The van der Waals surface area contributed by atoms with Crippen molar-refractivity contribution in [2.24, 2.45) is 0 Å². The molecule has 0 saturated carbocycles. The van der Waals surface area contributed by atoms with Crippen LogP contribution in [0.3, 0.4) is 0 Å². The number of benzene rings is 1. The van der Waals surface area contributed by atoms with E-state index in [1.807, 2.05) is 14.1 Å². The maximum absolute atomic E-state index is 12.0. The lowest BCUT2D eigenvalue weighted by Crippen LogP contribution is -2.57. The highest BCUT2D eigenvalue weighted by atomic mass is 19.4. The molecule has 0 amide bonds. The molecule has 1 heterocycles. The van der Waals surface area contributed by atoms with Crippen molar-refractivity contribution < 1.29 is 17.9 Å². The smallest absolute Gasteiger partial charge is 0.406 e. The molecular formula is C12H15F3N2O. The highest BCUT2D eigenvalue weighted by Crippen LogP contribution is 2.27. The molecule has 0 unspecified atom stereocenters. The van der Waals surface area contributed by atoms with Crippen LogP contribution in [0.1, 0.15) is 0 Å². The Morgan fingerprint density at radius 2 is 1.72 bits per heavy atom. The predicted octanol–water partition coefficient (Wildman–Crippen LogP) is 2.34. The fourth-order valence-corrected chi connectivity index (χ4v) is 1.85. The van der Waals surface area contributed by atoms with E-state index in [0.29, 0.717) is 6.04 Å². The normalized spacial score (nSPS) is 16.9. The van der Waals surface area contributed by atoms with E-state index < -0.39 is 6.36 Å². The average Bonchev–Trinajstić information content (AvgIpc) is 2.15. The number of ether oxygens (including phenoxy) is 1. The van der Waals surface area contributed by atoms with Crippen LogP contribution in [-0.2, 0) is 0 Å². The van der Waals surface area contributed by atoms with Crippen LogP contribution in [0.2, 0.25) is 0 Å². The van der Waals surface area contributed by atoms with Crippen molar-refractivity contribution in [2.45, 2.75) is 12.4 Å². The van der Waals surface area contributed by atoms with Gasteiger partial charge in [-0.3, -0.25) is 0 Å². The Morgan fingerprint density at radius 3 is 2.17 bits per heavy atom. The number of rotatable bonds is 3. The van der Waals surface area contributed by atoms with Crippen molar-refractivity contribution in [3.63, 3.8) is 0 Å². The largest absolute Gasteiger partial charge is 0.573 e. The molecule has 0 atom stereocenters. The van der Waals surface area contributed by atoms with Crippen molar-refractivity contribution in [1.29, 1.82) is 0 Å². The Balaban J connectivity index is 1.93. The number of hydrogen-bond donors (Lipinski definition) is 0. The number of hydrogen-bond acceptors (Lipinski definition) is 3. The van der Waals surface area contributed by atoms with Gasteiger partial charge in [-0.15, -0.1) is 13.2 Å². The van der Waals surface area contributed by atoms with Gasteiger partial charge in [0.15, 0.2) is 0 Å². The number of nitrogens with zero attached hydrogens (tertiary/aromatic N) is 2. The van der Waals surface area contributed by atoms with Crippen LogP contribution in [-0.4, -0.2) is 44.5 Å². The van der Waals surface area contributed by atoms with Gasteiger partial charge in [-0.05, 0) is 38.4 Å². The van der Waals surface area contributed by atoms with E-state index in [4.69, 9.17) is 0 Å². The van der Waals surface area contributed by atoms with Gasteiger partial charge >= 0.3 is 6.36 Å². The maximum Gasteiger partial charge on any atom is 0.573 e. The van der Waals surface area contributed by atoms with Gasteiger partial charge in [-0.2, -0.15) is 0 Å². The van der Waals surface area contributed by atoms with Crippen LogP contribution in [0.4, 0.5) is 18.9 Å². The zero-order valence-electron chi connectivity index (χ0n) is 10.2. The van der Waals surface area contributed by atoms with Crippen LogP contribution in [0, 0.1) is 0 Å². The van der Waals surface area contributed by atoms with Crippen LogP contribution >= 0.6 is 0 Å². The first-order valence-electron chi connectivity index (χ1n) is 5.62. The molecule has 0 bridgehead atoms. The second-order valence-electron chi connectivity index (χ2n) is 4.56. The van der Waals surface area contributed by atoms with Gasteiger partial charge in [0.1, 0.15) is 5.75 Å². The molecule has 1 fully saturated rings. The molecule has 1 aromatic rings. The van der Waals surface area contributed by atoms with E-state index in [9.17, 15) is 13.2 Å². The van der Waals surface area contributed by atoms with Crippen LogP contribution in [0.15, 0.2) is 24.3 Å². The molecule has 1 aliphatic rings. The van der Waals surface area contributed by atoms with Gasteiger partial charge < -0.3 is 14.5 Å². The van der Waals surface area contributed by atoms with Crippen molar-refractivity contribution in [3.05, 3.63) is 24.3 Å². The summed E-state index contributed by atoms with van der Waals surface area (Å²) in [5.41, 5.74) is 0.919. The third kappa shape index (κ3) is 3.07. The van der Waals surface area contributed by atoms with E-state index >= 15 is 0 Å². The zero-order valence-corrected chi connectivity index (χ0v) is 10.2. The summed E-state index contributed by atoms with van der Waals surface area (Å²) in [5.74, 6) is -0.184. The number of alkyl halides is 3. The van der Waals surface area contributed by atoms with Crippen LogP contribution < -0.4 is 9.64 Å². The van der Waals surface area contributed by atoms with Gasteiger partial charge in [0.2, 0.25) is 0 Å². The Bertz CT molecular complexity index is 397. The summed E-state index contributed by atoms with van der Waals surface area (Å²) >= 11 is 0. The third-order valence-corrected chi connectivity index (χ3v) is 3.03. The fourth-order valence-electron chi connectivity index (χ4n) is 1.85. The summed E-state index contributed by atoms with van der Waals surface area (Å²) in [6.45, 7) is 1.79. The number of halogens is 3. The summed E-state index contributed by atoms with van der Waals surface area (Å²) in [4.78, 5) is 4.25. The van der Waals surface area contributed by atoms with Gasteiger partial charge in [-0.25, -0.2) is 0 Å². The monoisotopic (exact) mass is 260 g/mol. The summed E-state index contributed by atoms with van der Waals surface area (Å²) in [5, 5.41) is 0. The molecule has 1 aromatic carbocycles. The van der Waals surface area contributed by atoms with Crippen molar-refractivity contribution >= 4 is 5.69 Å². The van der Waals surface area contributed by atoms with Gasteiger partial charge in [-0.1, -0.05) is 0 Å². The molecule has 0 aliphatic carbocycles. The second kappa shape index (κ2) is 4.68. The predicted molar refractivity (Wildman–Crippen MR) is 62.8 cm³/mol. The van der Waals surface area contributed by atoms with E-state index in [2.05, 4.69) is 14.5 Å². The standard InChI is InChI=1S/C12H15F3N2O/c1-16(2)10-7-17(8-10)9-3-5-11(6-4-9)18-12(13,14)15/h3-6,10H,7-8H2,1-2H3. The first-order valence-corrected chi connectivity index (χ1v) is 5.62. The Labute approximate surface area is 104 Å². The van der Waals surface area contributed by atoms with Crippen LogP contribution in [0.5, 0.6) is 5.75 Å². The molecule has 6 heteroatoms. The van der Waals surface area contributed by atoms with Crippen molar-refractivity contribution in [3.8, 4) is 5.75 Å². The number of likely N-dealkylation sites (N-methyl/N-ethyl adjacent to an activating group) is 1. The molecule has 0 radical (unpaired) electrons. The quantitative estimate of drug-likeness (QED) is 0.829. The highest BCUT2D eigenvalue weighted by molar-refractivity contribution is 5.51. The van der Waals surface area contributed by atoms with E-state index in [-0.39, 0.29) is 5.75 Å². The average molecular weight is 260 g/mol. The summed E-state index contributed by atoms with van der Waals surface area (Å²) in [6.07, 6.45) is -4.63. The zero-order chi connectivity index (χ0) is 13.3. The molecule has 0 aromatic heterocycles.